The third-order valence-corrected chi connectivity index (χ3v) is 4.80. The Morgan fingerprint density at radius 3 is 2.28 bits per heavy atom. The summed E-state index contributed by atoms with van der Waals surface area (Å²) in [5.74, 6) is -3.07. The number of carbonyl (C=O) groups is 1. The Balaban J connectivity index is 1.49. The second-order valence-electron chi connectivity index (χ2n) is 6.21. The minimum atomic E-state index is -2.63. The zero-order chi connectivity index (χ0) is 20.5. The van der Waals surface area contributed by atoms with Crippen molar-refractivity contribution in [1.82, 2.24) is 10.3 Å². The van der Waals surface area contributed by atoms with Crippen LogP contribution in [0, 0.1) is 0 Å². The molecule has 0 unspecified atom stereocenters. The van der Waals surface area contributed by atoms with E-state index in [9.17, 15) is 13.6 Å². The molecule has 3 rings (SSSR count). The Morgan fingerprint density at radius 1 is 0.931 bits per heavy atom. The number of alkyl halides is 2. The fraction of sp³-hybridized carbons (Fsp3) is 0.182. The summed E-state index contributed by atoms with van der Waals surface area (Å²) in [6.45, 7) is 1.33. The van der Waals surface area contributed by atoms with Gasteiger partial charge in [0.15, 0.2) is 0 Å². The number of rotatable bonds is 9. The van der Waals surface area contributed by atoms with Crippen LogP contribution in [0.15, 0.2) is 78.0 Å². The normalized spacial score (nSPS) is 10.9. The van der Waals surface area contributed by atoms with Gasteiger partial charge in [0.25, 0.3) is 11.7 Å². The van der Waals surface area contributed by atoms with E-state index in [0.717, 1.165) is 16.7 Å². The molecule has 4 nitrogen and oxygen atoms in total. The quantitative estimate of drug-likeness (QED) is 0.498. The number of aromatic nitrogens is 1. The van der Waals surface area contributed by atoms with Crippen molar-refractivity contribution in [3.8, 4) is 0 Å². The highest BCUT2D eigenvalue weighted by molar-refractivity contribution is 7.99. The predicted molar refractivity (Wildman–Crippen MR) is 109 cm³/mol. The number of nitrogens with one attached hydrogen (secondary N) is 1. The summed E-state index contributed by atoms with van der Waals surface area (Å²) in [5.41, 5.74) is 3.19. The summed E-state index contributed by atoms with van der Waals surface area (Å²) in [7, 11) is 0. The van der Waals surface area contributed by atoms with Crippen molar-refractivity contribution < 1.29 is 18.3 Å². The average Bonchev–Trinajstić information content (AvgIpc) is 2.74. The number of ether oxygens (including phenoxy) is 1. The fourth-order valence-corrected chi connectivity index (χ4v) is 3.21. The smallest absolute Gasteiger partial charge is 0.290 e. The maximum Gasteiger partial charge on any atom is 0.290 e. The van der Waals surface area contributed by atoms with Crippen LogP contribution in [0.3, 0.4) is 0 Å². The third kappa shape index (κ3) is 6.66. The topological polar surface area (TPSA) is 51.2 Å². The number of nitrogens with zero attached hydrogens (tertiary/aromatic N) is 1. The lowest BCUT2D eigenvalue weighted by atomic mass is 10.1. The van der Waals surface area contributed by atoms with Crippen LogP contribution in [0.2, 0.25) is 0 Å². The summed E-state index contributed by atoms with van der Waals surface area (Å²) in [4.78, 5) is 16.2. The molecule has 0 radical (unpaired) electrons. The molecular formula is C22H20F2N2O2S. The van der Waals surface area contributed by atoms with Gasteiger partial charge in [-0.2, -0.15) is 8.78 Å². The van der Waals surface area contributed by atoms with Crippen LogP contribution in [0.5, 0.6) is 0 Å². The first-order valence-electron chi connectivity index (χ1n) is 8.99. The monoisotopic (exact) mass is 414 g/mol. The Hall–Kier alpha value is -2.77. The fourth-order valence-electron chi connectivity index (χ4n) is 2.63. The number of hydrogen-bond donors (Lipinski definition) is 1. The lowest BCUT2D eigenvalue weighted by Gasteiger charge is -2.09. The Kier molecular flexibility index (Phi) is 7.72. The lowest BCUT2D eigenvalue weighted by molar-refractivity contribution is 0.0947. The first-order chi connectivity index (χ1) is 14.1. The molecule has 0 fully saturated rings. The van der Waals surface area contributed by atoms with Crippen LogP contribution in [0.25, 0.3) is 0 Å². The summed E-state index contributed by atoms with van der Waals surface area (Å²) < 4.78 is 30.9. The van der Waals surface area contributed by atoms with Crippen molar-refractivity contribution in [2.75, 3.05) is 0 Å². The molecule has 1 heterocycles. The van der Waals surface area contributed by atoms with Crippen LogP contribution in [-0.4, -0.2) is 16.6 Å². The molecule has 0 aliphatic carbocycles. The van der Waals surface area contributed by atoms with E-state index in [1.54, 1.807) is 6.07 Å². The van der Waals surface area contributed by atoms with E-state index in [4.69, 9.17) is 4.74 Å². The second kappa shape index (κ2) is 10.7. The van der Waals surface area contributed by atoms with Gasteiger partial charge in [-0.25, -0.2) is 4.98 Å². The zero-order valence-corrected chi connectivity index (χ0v) is 16.4. The van der Waals surface area contributed by atoms with Crippen LogP contribution >= 0.6 is 11.8 Å². The van der Waals surface area contributed by atoms with E-state index in [0.29, 0.717) is 13.2 Å². The van der Waals surface area contributed by atoms with E-state index < -0.39 is 11.7 Å². The maximum absolute atomic E-state index is 12.6. The van der Waals surface area contributed by atoms with Crippen molar-refractivity contribution >= 4 is 17.7 Å². The van der Waals surface area contributed by atoms with Crippen molar-refractivity contribution in [1.29, 1.82) is 0 Å². The molecule has 1 aromatic heterocycles. The van der Waals surface area contributed by atoms with Gasteiger partial charge in [-0.3, -0.25) is 4.79 Å². The highest BCUT2D eigenvalue weighted by Crippen LogP contribution is 2.26. The van der Waals surface area contributed by atoms with E-state index in [2.05, 4.69) is 10.3 Å². The van der Waals surface area contributed by atoms with Gasteiger partial charge in [-0.1, -0.05) is 54.6 Å². The molecule has 0 aliphatic rings. The number of hydrogen-bond acceptors (Lipinski definition) is 4. The molecule has 29 heavy (non-hydrogen) atoms. The van der Waals surface area contributed by atoms with Crippen molar-refractivity contribution in [2.24, 2.45) is 0 Å². The minimum Gasteiger partial charge on any atom is -0.372 e. The maximum atomic E-state index is 12.6. The number of amides is 1. The molecule has 150 valence electrons. The number of thioether (sulfide) groups is 1. The third-order valence-electron chi connectivity index (χ3n) is 4.07. The molecule has 0 spiro atoms. The van der Waals surface area contributed by atoms with E-state index in [1.165, 1.54) is 12.3 Å². The molecule has 1 N–H and O–H groups in total. The highest BCUT2D eigenvalue weighted by Gasteiger charge is 2.16. The molecule has 0 aliphatic heterocycles. The van der Waals surface area contributed by atoms with Gasteiger partial charge in [0, 0.05) is 12.7 Å². The SMILES string of the molecule is O=C(NCc1ccc(COCc2ccccc2)cc1)c1cccnc1SC(F)F. The summed E-state index contributed by atoms with van der Waals surface area (Å²) in [6.07, 6.45) is 1.39. The number of pyridine rings is 1. The molecule has 0 saturated carbocycles. The first kappa shape index (κ1) is 21.0. The van der Waals surface area contributed by atoms with Crippen molar-refractivity contribution in [3.63, 3.8) is 0 Å². The van der Waals surface area contributed by atoms with Gasteiger partial charge < -0.3 is 10.1 Å². The summed E-state index contributed by atoms with van der Waals surface area (Å²) in [5, 5.41) is 2.76. The average molecular weight is 414 g/mol. The molecule has 7 heteroatoms. The van der Waals surface area contributed by atoms with E-state index >= 15 is 0 Å². The van der Waals surface area contributed by atoms with Gasteiger partial charge >= 0.3 is 0 Å². The Morgan fingerprint density at radius 2 is 1.59 bits per heavy atom. The predicted octanol–water partition coefficient (Wildman–Crippen LogP) is 5.04. The number of carbonyl (C=O) groups excluding carboxylic acids is 1. The number of halogens is 2. The van der Waals surface area contributed by atoms with Crippen molar-refractivity contribution in [3.05, 3.63) is 95.2 Å². The largest absolute Gasteiger partial charge is 0.372 e. The lowest BCUT2D eigenvalue weighted by Crippen LogP contribution is -2.23. The molecule has 2 aromatic carbocycles. The molecular weight excluding hydrogens is 394 g/mol. The molecule has 0 saturated heterocycles. The molecule has 0 atom stereocenters. The van der Waals surface area contributed by atoms with Gasteiger partial charge in [-0.05, 0) is 40.6 Å². The number of benzene rings is 2. The summed E-state index contributed by atoms with van der Waals surface area (Å²) in [6, 6.07) is 20.7. The molecule has 1 amide bonds. The summed E-state index contributed by atoms with van der Waals surface area (Å²) >= 11 is 0.264. The van der Waals surface area contributed by atoms with Crippen LogP contribution in [0.1, 0.15) is 27.0 Å². The second-order valence-corrected chi connectivity index (χ2v) is 7.19. The van der Waals surface area contributed by atoms with Gasteiger partial charge in [0.05, 0.1) is 18.8 Å². The molecule has 0 bridgehead atoms. The van der Waals surface area contributed by atoms with E-state index in [-0.39, 0.29) is 28.9 Å². The van der Waals surface area contributed by atoms with Crippen LogP contribution < -0.4 is 5.32 Å². The van der Waals surface area contributed by atoms with Crippen molar-refractivity contribution in [2.45, 2.75) is 30.5 Å². The van der Waals surface area contributed by atoms with Gasteiger partial charge in [-0.15, -0.1) is 0 Å². The highest BCUT2D eigenvalue weighted by atomic mass is 32.2. The Bertz CT molecular complexity index is 922. The van der Waals surface area contributed by atoms with Gasteiger partial charge in [0.1, 0.15) is 5.03 Å². The minimum absolute atomic E-state index is 0.0194. The Labute approximate surface area is 172 Å². The van der Waals surface area contributed by atoms with E-state index in [1.807, 2.05) is 54.6 Å². The zero-order valence-electron chi connectivity index (χ0n) is 15.6. The van der Waals surface area contributed by atoms with Crippen LogP contribution in [-0.2, 0) is 24.5 Å². The van der Waals surface area contributed by atoms with Crippen LogP contribution in [0.4, 0.5) is 8.78 Å². The first-order valence-corrected chi connectivity index (χ1v) is 9.87. The van der Waals surface area contributed by atoms with Gasteiger partial charge in [0.2, 0.25) is 0 Å². The standard InChI is InChI=1S/C22H20F2N2O2S/c23-22(24)29-21-19(7-4-12-25-21)20(27)26-13-16-8-10-18(11-9-16)15-28-14-17-5-2-1-3-6-17/h1-12,22H,13-15H2,(H,26,27). The molecule has 3 aromatic rings.